The van der Waals surface area contributed by atoms with Crippen molar-refractivity contribution in [1.82, 2.24) is 14.1 Å². The van der Waals surface area contributed by atoms with Crippen LogP contribution < -0.4 is 0 Å². The quantitative estimate of drug-likeness (QED) is 0.734. The van der Waals surface area contributed by atoms with Crippen LogP contribution in [0, 0.1) is 0 Å². The minimum atomic E-state index is -3.11. The van der Waals surface area contributed by atoms with Gasteiger partial charge in [-0.05, 0) is 25.7 Å². The van der Waals surface area contributed by atoms with Crippen molar-refractivity contribution in [2.24, 2.45) is 0 Å². The van der Waals surface area contributed by atoms with E-state index in [1.165, 1.54) is 0 Å². The molecule has 2 saturated heterocycles. The average Bonchev–Trinajstić information content (AvgIpc) is 2.99. The van der Waals surface area contributed by atoms with Gasteiger partial charge in [-0.2, -0.15) is 4.31 Å². The molecule has 3 rings (SSSR count). The number of carbonyl (C=O) groups is 1. The van der Waals surface area contributed by atoms with Crippen molar-refractivity contribution in [3.63, 3.8) is 0 Å². The molecule has 108 valence electrons. The van der Waals surface area contributed by atoms with Gasteiger partial charge in [0.05, 0.1) is 11.3 Å². The molecule has 0 radical (unpaired) electrons. The summed E-state index contributed by atoms with van der Waals surface area (Å²) in [4.78, 5) is 15.5. The molecule has 2 heterocycles. The van der Waals surface area contributed by atoms with E-state index in [0.717, 1.165) is 25.7 Å². The lowest BCUT2D eigenvalue weighted by Gasteiger charge is -2.27. The van der Waals surface area contributed by atoms with Gasteiger partial charge in [0.1, 0.15) is 0 Å². The van der Waals surface area contributed by atoms with Gasteiger partial charge in [0, 0.05) is 33.2 Å². The monoisotopic (exact) mass is 287 g/mol. The Morgan fingerprint density at radius 2 is 1.68 bits per heavy atom. The molecule has 0 spiro atoms. The maximum absolute atomic E-state index is 12.4. The number of nitrogens with zero attached hydrogens (tertiary/aromatic N) is 3. The van der Waals surface area contributed by atoms with Gasteiger partial charge >= 0.3 is 6.03 Å². The second-order valence-electron chi connectivity index (χ2n) is 5.94. The van der Waals surface area contributed by atoms with Crippen LogP contribution >= 0.6 is 0 Å². The summed E-state index contributed by atoms with van der Waals surface area (Å²) in [5.41, 5.74) is 0. The van der Waals surface area contributed by atoms with Crippen LogP contribution in [0.5, 0.6) is 0 Å². The standard InChI is InChI=1S/C12H21N3O3S/c1-13(2)12(16)14-7-5-11-10(14)6-8-15(11)19(17,18)9-3-4-9/h9-11H,3-8H2,1-2H3/t10-,11+/m0/s1. The zero-order chi connectivity index (χ0) is 13.8. The van der Waals surface area contributed by atoms with Crippen LogP contribution in [-0.2, 0) is 10.0 Å². The molecule has 2 atom stereocenters. The van der Waals surface area contributed by atoms with E-state index in [-0.39, 0.29) is 23.4 Å². The van der Waals surface area contributed by atoms with Crippen molar-refractivity contribution in [2.45, 2.75) is 43.0 Å². The summed E-state index contributed by atoms with van der Waals surface area (Å²) in [6, 6.07) is 0.0797. The van der Waals surface area contributed by atoms with E-state index in [2.05, 4.69) is 0 Å². The smallest absolute Gasteiger partial charge is 0.319 e. The summed E-state index contributed by atoms with van der Waals surface area (Å²) in [7, 11) is 0.371. The Hall–Kier alpha value is -0.820. The second kappa shape index (κ2) is 4.34. The lowest BCUT2D eigenvalue weighted by molar-refractivity contribution is 0.165. The number of fused-ring (bicyclic) bond motifs is 1. The van der Waals surface area contributed by atoms with Crippen LogP contribution in [-0.4, -0.2) is 73.1 Å². The number of rotatable bonds is 2. The molecule has 7 heteroatoms. The molecule has 0 aromatic carbocycles. The summed E-state index contributed by atoms with van der Waals surface area (Å²) in [5.74, 6) is 0. The Morgan fingerprint density at radius 1 is 1.05 bits per heavy atom. The number of carbonyl (C=O) groups excluding carboxylic acids is 1. The highest BCUT2D eigenvalue weighted by molar-refractivity contribution is 7.90. The van der Waals surface area contributed by atoms with Crippen molar-refractivity contribution >= 4 is 16.1 Å². The van der Waals surface area contributed by atoms with E-state index < -0.39 is 10.0 Å². The fraction of sp³-hybridized carbons (Fsp3) is 0.917. The van der Waals surface area contributed by atoms with Gasteiger partial charge in [0.25, 0.3) is 0 Å². The van der Waals surface area contributed by atoms with E-state index in [1.807, 2.05) is 4.90 Å². The number of likely N-dealkylation sites (tertiary alicyclic amines) is 1. The number of urea groups is 1. The molecule has 3 aliphatic rings. The topological polar surface area (TPSA) is 60.9 Å². The predicted molar refractivity (Wildman–Crippen MR) is 71.2 cm³/mol. The number of hydrogen-bond acceptors (Lipinski definition) is 3. The van der Waals surface area contributed by atoms with Crippen LogP contribution in [0.4, 0.5) is 4.79 Å². The second-order valence-corrected chi connectivity index (χ2v) is 8.10. The van der Waals surface area contributed by atoms with E-state index in [9.17, 15) is 13.2 Å². The maximum atomic E-state index is 12.4. The van der Waals surface area contributed by atoms with Gasteiger partial charge in [-0.3, -0.25) is 0 Å². The summed E-state index contributed by atoms with van der Waals surface area (Å²) in [5, 5.41) is -0.148. The minimum absolute atomic E-state index is 0.00169. The first kappa shape index (κ1) is 13.2. The summed E-state index contributed by atoms with van der Waals surface area (Å²) >= 11 is 0. The normalized spacial score (nSPS) is 31.6. The fourth-order valence-corrected chi connectivity index (χ4v) is 5.41. The zero-order valence-corrected chi connectivity index (χ0v) is 12.3. The lowest BCUT2D eigenvalue weighted by atomic mass is 10.1. The van der Waals surface area contributed by atoms with Crippen molar-refractivity contribution < 1.29 is 13.2 Å². The van der Waals surface area contributed by atoms with Gasteiger partial charge in [-0.25, -0.2) is 13.2 Å². The summed E-state index contributed by atoms with van der Waals surface area (Å²) < 4.78 is 26.4. The Bertz CT molecular complexity index is 486. The number of hydrogen-bond donors (Lipinski definition) is 0. The number of sulfonamides is 1. The largest absolute Gasteiger partial charge is 0.331 e. The molecule has 0 bridgehead atoms. The van der Waals surface area contributed by atoms with Crippen LogP contribution in [0.3, 0.4) is 0 Å². The van der Waals surface area contributed by atoms with E-state index in [0.29, 0.717) is 13.1 Å². The Balaban J connectivity index is 1.77. The Labute approximate surface area is 114 Å². The van der Waals surface area contributed by atoms with E-state index in [4.69, 9.17) is 0 Å². The van der Waals surface area contributed by atoms with Crippen LogP contribution in [0.2, 0.25) is 0 Å². The average molecular weight is 287 g/mol. The van der Waals surface area contributed by atoms with Gasteiger partial charge in [-0.1, -0.05) is 0 Å². The Morgan fingerprint density at radius 3 is 2.26 bits per heavy atom. The van der Waals surface area contributed by atoms with Crippen LogP contribution in [0.1, 0.15) is 25.7 Å². The molecule has 0 N–H and O–H groups in total. The Kier molecular flexibility index (Phi) is 3.01. The van der Waals surface area contributed by atoms with Gasteiger partial charge in [0.15, 0.2) is 0 Å². The molecule has 2 aliphatic heterocycles. The highest BCUT2D eigenvalue weighted by atomic mass is 32.2. The van der Waals surface area contributed by atoms with Crippen molar-refractivity contribution in [3.8, 4) is 0 Å². The highest BCUT2D eigenvalue weighted by Gasteiger charge is 2.52. The number of amides is 2. The van der Waals surface area contributed by atoms with Crippen molar-refractivity contribution in [3.05, 3.63) is 0 Å². The molecule has 0 aromatic rings. The lowest BCUT2D eigenvalue weighted by Crippen LogP contribution is -2.45. The van der Waals surface area contributed by atoms with E-state index in [1.54, 1.807) is 23.3 Å². The van der Waals surface area contributed by atoms with Gasteiger partial charge in [0.2, 0.25) is 10.0 Å². The van der Waals surface area contributed by atoms with Gasteiger partial charge < -0.3 is 9.80 Å². The molecule has 6 nitrogen and oxygen atoms in total. The third-order valence-corrected chi connectivity index (χ3v) is 6.85. The molecular weight excluding hydrogens is 266 g/mol. The molecule has 2 amide bonds. The molecule has 19 heavy (non-hydrogen) atoms. The minimum Gasteiger partial charge on any atom is -0.331 e. The van der Waals surface area contributed by atoms with Crippen molar-refractivity contribution in [1.29, 1.82) is 0 Å². The third-order valence-electron chi connectivity index (χ3n) is 4.43. The van der Waals surface area contributed by atoms with E-state index >= 15 is 0 Å². The van der Waals surface area contributed by atoms with Crippen LogP contribution in [0.15, 0.2) is 0 Å². The first-order valence-corrected chi connectivity index (χ1v) is 8.42. The van der Waals surface area contributed by atoms with Crippen molar-refractivity contribution in [2.75, 3.05) is 27.2 Å². The highest BCUT2D eigenvalue weighted by Crippen LogP contribution is 2.39. The molecule has 1 saturated carbocycles. The van der Waals surface area contributed by atoms with Crippen LogP contribution in [0.25, 0.3) is 0 Å². The molecule has 1 aliphatic carbocycles. The summed E-state index contributed by atoms with van der Waals surface area (Å²) in [6.07, 6.45) is 3.15. The maximum Gasteiger partial charge on any atom is 0.319 e. The fourth-order valence-electron chi connectivity index (χ4n) is 3.31. The van der Waals surface area contributed by atoms with Gasteiger partial charge in [-0.15, -0.1) is 0 Å². The first-order chi connectivity index (χ1) is 8.93. The predicted octanol–water partition coefficient (Wildman–Crippen LogP) is 0.309. The molecule has 3 fully saturated rings. The summed E-state index contributed by atoms with van der Waals surface area (Å²) in [6.45, 7) is 1.24. The molecular formula is C12H21N3O3S. The first-order valence-electron chi connectivity index (χ1n) is 6.91. The third kappa shape index (κ3) is 2.03. The SMILES string of the molecule is CN(C)C(=O)N1CC[C@@H]2[C@@H]1CCN2S(=O)(=O)C1CC1. The zero-order valence-electron chi connectivity index (χ0n) is 11.4. The molecule has 0 unspecified atom stereocenters. The molecule has 0 aromatic heterocycles.